The van der Waals surface area contributed by atoms with E-state index in [1.807, 2.05) is 0 Å². The number of phenols is 1. The number of benzene rings is 1. The van der Waals surface area contributed by atoms with Crippen LogP contribution in [0.15, 0.2) is 34.8 Å². The Bertz CT molecular complexity index is 1310. The van der Waals surface area contributed by atoms with Gasteiger partial charge in [-0.2, -0.15) is 0 Å². The topological polar surface area (TPSA) is 196 Å². The number of carbonyl (C=O) groups excluding carboxylic acids is 5. The Balaban J connectivity index is 1.61. The van der Waals surface area contributed by atoms with Crippen molar-refractivity contribution in [1.29, 1.82) is 0 Å². The van der Waals surface area contributed by atoms with E-state index in [1.165, 1.54) is 12.1 Å². The zero-order valence-corrected chi connectivity index (χ0v) is 18.4. The number of hydrogen-bond donors (Lipinski definition) is 5. The summed E-state index contributed by atoms with van der Waals surface area (Å²) in [6.07, 6.45) is -0.0208. The van der Waals surface area contributed by atoms with E-state index in [0.717, 1.165) is 4.90 Å². The first-order valence-corrected chi connectivity index (χ1v) is 11.1. The van der Waals surface area contributed by atoms with E-state index in [2.05, 4.69) is 0 Å². The van der Waals surface area contributed by atoms with Crippen molar-refractivity contribution >= 4 is 29.3 Å². The molecule has 0 aromatic heterocycles. The molecule has 1 saturated heterocycles. The van der Waals surface area contributed by atoms with Gasteiger partial charge in [0.05, 0.1) is 12.1 Å². The van der Waals surface area contributed by atoms with Crippen LogP contribution < -0.4 is 5.73 Å². The second-order valence-corrected chi connectivity index (χ2v) is 9.38. The highest BCUT2D eigenvalue weighted by Gasteiger charge is 2.59. The lowest BCUT2D eigenvalue weighted by Gasteiger charge is -2.45. The standard InChI is InChI=1S/C24H22N2O9/c25-23(34)19-14(28)7-11-5-10-6-12-9(8-26-15(29)3-4-16(26)30)1-2-13(27)18(12)20(31)17(10)21(32)24(11,35)22(19)33/h1-2,10-11,27-28,32,35H,3-8H2,(H2,25,34)/t10?,11?,24-/m0/s1. The molecule has 1 fully saturated rings. The Morgan fingerprint density at radius 3 is 2.34 bits per heavy atom. The van der Waals surface area contributed by atoms with Crippen molar-refractivity contribution in [2.75, 3.05) is 0 Å². The first kappa shape index (κ1) is 22.8. The minimum Gasteiger partial charge on any atom is -0.511 e. The summed E-state index contributed by atoms with van der Waals surface area (Å²) in [5.41, 5.74) is 2.18. The number of aliphatic hydroxyl groups is 3. The maximum absolute atomic E-state index is 13.5. The molecule has 0 saturated carbocycles. The zero-order chi connectivity index (χ0) is 25.4. The van der Waals surface area contributed by atoms with Crippen molar-refractivity contribution < 1.29 is 44.4 Å². The van der Waals surface area contributed by atoms with Gasteiger partial charge >= 0.3 is 0 Å². The summed E-state index contributed by atoms with van der Waals surface area (Å²) in [7, 11) is 0. The smallest absolute Gasteiger partial charge is 0.255 e. The summed E-state index contributed by atoms with van der Waals surface area (Å²) >= 11 is 0. The fourth-order valence-corrected chi connectivity index (χ4v) is 5.80. The molecule has 3 amide bonds. The van der Waals surface area contributed by atoms with Gasteiger partial charge in [0.2, 0.25) is 17.6 Å². The van der Waals surface area contributed by atoms with Crippen LogP contribution in [0.2, 0.25) is 0 Å². The summed E-state index contributed by atoms with van der Waals surface area (Å²) in [6.45, 7) is -0.0807. The lowest BCUT2D eigenvalue weighted by atomic mass is 9.60. The van der Waals surface area contributed by atoms with Gasteiger partial charge in [-0.3, -0.25) is 28.9 Å². The maximum Gasteiger partial charge on any atom is 0.255 e. The van der Waals surface area contributed by atoms with Crippen LogP contribution in [0.5, 0.6) is 5.75 Å². The second kappa shape index (κ2) is 7.51. The van der Waals surface area contributed by atoms with E-state index < -0.39 is 57.8 Å². The molecule has 6 N–H and O–H groups in total. The number of fused-ring (bicyclic) bond motifs is 3. The number of amides is 3. The number of phenolic OH excluding ortho intramolecular Hbond substituents is 1. The highest BCUT2D eigenvalue weighted by Crippen LogP contribution is 2.51. The second-order valence-electron chi connectivity index (χ2n) is 9.38. The molecule has 35 heavy (non-hydrogen) atoms. The summed E-state index contributed by atoms with van der Waals surface area (Å²) in [4.78, 5) is 63.5. The van der Waals surface area contributed by atoms with Crippen LogP contribution >= 0.6 is 0 Å². The first-order chi connectivity index (χ1) is 16.5. The average Bonchev–Trinajstić information content (AvgIpc) is 3.09. The van der Waals surface area contributed by atoms with Gasteiger partial charge in [0, 0.05) is 30.8 Å². The third-order valence-electron chi connectivity index (χ3n) is 7.53. The predicted molar refractivity (Wildman–Crippen MR) is 116 cm³/mol. The van der Waals surface area contributed by atoms with Gasteiger partial charge in [0.15, 0.2) is 11.4 Å². The van der Waals surface area contributed by atoms with Gasteiger partial charge in [0.1, 0.15) is 22.8 Å². The van der Waals surface area contributed by atoms with E-state index in [9.17, 15) is 44.4 Å². The molecule has 3 atom stereocenters. The molecule has 11 heteroatoms. The minimum atomic E-state index is -2.63. The largest absolute Gasteiger partial charge is 0.511 e. The molecule has 2 unspecified atom stereocenters. The molecule has 0 bridgehead atoms. The molecule has 182 valence electrons. The monoisotopic (exact) mass is 482 g/mol. The van der Waals surface area contributed by atoms with Gasteiger partial charge in [-0.1, -0.05) is 6.07 Å². The molecule has 4 aliphatic rings. The van der Waals surface area contributed by atoms with Gasteiger partial charge in [0.25, 0.3) is 5.91 Å². The third kappa shape index (κ3) is 3.04. The number of imide groups is 1. The summed E-state index contributed by atoms with van der Waals surface area (Å²) in [6, 6.07) is 2.76. The van der Waals surface area contributed by atoms with Gasteiger partial charge < -0.3 is 26.2 Å². The summed E-state index contributed by atoms with van der Waals surface area (Å²) in [5.74, 6) is -7.71. The fourth-order valence-electron chi connectivity index (χ4n) is 5.80. The van der Waals surface area contributed by atoms with Crippen LogP contribution in [0.4, 0.5) is 0 Å². The van der Waals surface area contributed by atoms with Crippen LogP contribution in [0.3, 0.4) is 0 Å². The zero-order valence-electron chi connectivity index (χ0n) is 18.4. The quantitative estimate of drug-likeness (QED) is 0.296. The lowest BCUT2D eigenvalue weighted by molar-refractivity contribution is -0.144. The van der Waals surface area contributed by atoms with Crippen molar-refractivity contribution in [2.45, 2.75) is 44.2 Å². The number of allylic oxidation sites excluding steroid dienone is 2. The highest BCUT2D eigenvalue weighted by atomic mass is 16.3. The lowest BCUT2D eigenvalue weighted by Crippen LogP contribution is -2.57. The summed E-state index contributed by atoms with van der Waals surface area (Å²) in [5, 5.41) is 43.0. The molecule has 11 nitrogen and oxygen atoms in total. The number of primary amides is 1. The van der Waals surface area contributed by atoms with Crippen LogP contribution in [0.25, 0.3) is 0 Å². The number of rotatable bonds is 3. The van der Waals surface area contributed by atoms with Gasteiger partial charge in [-0.15, -0.1) is 0 Å². The van der Waals surface area contributed by atoms with Crippen molar-refractivity contribution in [2.24, 2.45) is 17.6 Å². The SMILES string of the molecule is NC(=O)C1=C(O)CC2CC3Cc4c(CN5C(=O)CCC5=O)ccc(O)c4C(=O)C3=C(O)[C@]2(O)C1=O. The van der Waals surface area contributed by atoms with E-state index in [4.69, 9.17) is 5.73 Å². The number of ketones is 2. The van der Waals surface area contributed by atoms with E-state index in [0.29, 0.717) is 11.1 Å². The fraction of sp³-hybridized carbons (Fsp3) is 0.375. The number of carbonyl (C=O) groups is 5. The van der Waals surface area contributed by atoms with Crippen LogP contribution in [0.1, 0.15) is 47.2 Å². The Labute approximate surface area is 198 Å². The third-order valence-corrected chi connectivity index (χ3v) is 7.53. The average molecular weight is 482 g/mol. The van der Waals surface area contributed by atoms with Crippen LogP contribution in [-0.2, 0) is 32.1 Å². The molecule has 1 aromatic carbocycles. The Hall–Kier alpha value is -3.99. The van der Waals surface area contributed by atoms with Crippen molar-refractivity contribution in [3.05, 3.63) is 51.5 Å². The number of aromatic hydroxyl groups is 1. The molecule has 5 rings (SSSR count). The number of Topliss-reactive ketones (excluding diaryl/α,β-unsaturated/α-hetero) is 2. The van der Waals surface area contributed by atoms with Gasteiger partial charge in [-0.05, 0) is 36.0 Å². The van der Waals surface area contributed by atoms with Crippen molar-refractivity contribution in [3.63, 3.8) is 0 Å². The highest BCUT2D eigenvalue weighted by molar-refractivity contribution is 6.24. The number of nitrogens with two attached hydrogens (primary N) is 1. The molecular formula is C24H22N2O9. The maximum atomic E-state index is 13.5. The number of nitrogens with zero attached hydrogens (tertiary/aromatic N) is 1. The van der Waals surface area contributed by atoms with Crippen molar-refractivity contribution in [1.82, 2.24) is 4.90 Å². The number of hydrogen-bond acceptors (Lipinski definition) is 9. The first-order valence-electron chi connectivity index (χ1n) is 11.1. The van der Waals surface area contributed by atoms with E-state index in [-0.39, 0.29) is 61.6 Å². The number of likely N-dealkylation sites (tertiary alicyclic amines) is 1. The molecule has 0 radical (unpaired) electrons. The van der Waals surface area contributed by atoms with Gasteiger partial charge in [-0.25, -0.2) is 0 Å². The molecule has 3 aliphatic carbocycles. The number of aliphatic hydroxyl groups excluding tert-OH is 2. The molecule has 0 spiro atoms. The molecule has 1 aromatic rings. The normalized spacial score (nSPS) is 28.3. The van der Waals surface area contributed by atoms with E-state index in [1.54, 1.807) is 0 Å². The van der Waals surface area contributed by atoms with E-state index >= 15 is 0 Å². The molecule has 1 aliphatic heterocycles. The summed E-state index contributed by atoms with van der Waals surface area (Å²) < 4.78 is 0. The van der Waals surface area contributed by atoms with Crippen LogP contribution in [0, 0.1) is 11.8 Å². The Kier molecular flexibility index (Phi) is 4.89. The minimum absolute atomic E-state index is 0.000410. The van der Waals surface area contributed by atoms with Crippen molar-refractivity contribution in [3.8, 4) is 5.75 Å². The molecule has 1 heterocycles. The Morgan fingerprint density at radius 1 is 1.06 bits per heavy atom. The van der Waals surface area contributed by atoms with Crippen LogP contribution in [-0.4, -0.2) is 60.2 Å². The predicted octanol–water partition coefficient (Wildman–Crippen LogP) is 0.229. The Morgan fingerprint density at radius 2 is 1.71 bits per heavy atom. The molecular weight excluding hydrogens is 460 g/mol.